The van der Waals surface area contributed by atoms with Gasteiger partial charge in [0, 0.05) is 19.4 Å². The van der Waals surface area contributed by atoms with Gasteiger partial charge in [0.25, 0.3) is 0 Å². The zero-order valence-electron chi connectivity index (χ0n) is 10.8. The quantitative estimate of drug-likeness (QED) is 0.717. The molecule has 1 unspecified atom stereocenters. The average molecular weight is 296 g/mol. The molecule has 1 aromatic heterocycles. The van der Waals surface area contributed by atoms with Gasteiger partial charge in [-0.25, -0.2) is 4.68 Å². The lowest BCUT2D eigenvalue weighted by Crippen LogP contribution is -2.19. The molecule has 0 aromatic carbocycles. The highest BCUT2D eigenvalue weighted by molar-refractivity contribution is 5.66. The minimum Gasteiger partial charge on any atom is -0.481 e. The van der Waals surface area contributed by atoms with Crippen LogP contribution in [0.1, 0.15) is 19.2 Å². The van der Waals surface area contributed by atoms with Crippen molar-refractivity contribution in [2.24, 2.45) is 5.92 Å². The standard InChI is InChI=1S/C10H15F3N4O3/c1-7(4-9(18)19)5-17-8(14-15-16-17)2-3-20-6-10(11,12)13/h7H,2-6H2,1H3,(H,18,19). The summed E-state index contributed by atoms with van der Waals surface area (Å²) in [6.07, 6.45) is -4.27. The van der Waals surface area contributed by atoms with E-state index in [0.29, 0.717) is 5.82 Å². The van der Waals surface area contributed by atoms with Gasteiger partial charge in [-0.15, -0.1) is 5.10 Å². The Morgan fingerprint density at radius 1 is 1.50 bits per heavy atom. The van der Waals surface area contributed by atoms with Crippen molar-refractivity contribution in [3.8, 4) is 0 Å². The number of ether oxygens (including phenoxy) is 1. The first-order valence-electron chi connectivity index (χ1n) is 5.89. The maximum atomic E-state index is 11.9. The number of nitrogens with zero attached hydrogens (tertiary/aromatic N) is 4. The van der Waals surface area contributed by atoms with Crippen LogP contribution in [0.25, 0.3) is 0 Å². The number of tetrazole rings is 1. The first kappa shape index (κ1) is 16.3. The molecule has 7 nitrogen and oxygen atoms in total. The summed E-state index contributed by atoms with van der Waals surface area (Å²) in [6.45, 7) is 0.533. The first-order chi connectivity index (χ1) is 9.28. The third-order valence-electron chi connectivity index (χ3n) is 2.35. The van der Waals surface area contributed by atoms with E-state index in [-0.39, 0.29) is 31.9 Å². The average Bonchev–Trinajstić information content (AvgIpc) is 2.69. The number of aromatic nitrogens is 4. The molecule has 1 N–H and O–H groups in total. The monoisotopic (exact) mass is 296 g/mol. The van der Waals surface area contributed by atoms with E-state index in [1.165, 1.54) is 4.68 Å². The molecule has 1 aromatic rings. The molecule has 1 rings (SSSR count). The number of aliphatic carboxylic acids is 1. The maximum Gasteiger partial charge on any atom is 0.411 e. The van der Waals surface area contributed by atoms with E-state index in [0.717, 1.165) is 0 Å². The van der Waals surface area contributed by atoms with Gasteiger partial charge in [-0.1, -0.05) is 6.92 Å². The second-order valence-corrected chi connectivity index (χ2v) is 4.40. The molecular weight excluding hydrogens is 281 g/mol. The van der Waals surface area contributed by atoms with Crippen LogP contribution in [-0.4, -0.2) is 50.7 Å². The van der Waals surface area contributed by atoms with E-state index >= 15 is 0 Å². The largest absolute Gasteiger partial charge is 0.481 e. The summed E-state index contributed by atoms with van der Waals surface area (Å²) < 4.78 is 41.5. The topological polar surface area (TPSA) is 90.1 Å². The molecule has 0 aliphatic heterocycles. The SMILES string of the molecule is CC(CC(=O)O)Cn1nnnc1CCOCC(F)(F)F. The summed E-state index contributed by atoms with van der Waals surface area (Å²) in [6, 6.07) is 0. The molecule has 0 fully saturated rings. The summed E-state index contributed by atoms with van der Waals surface area (Å²) in [5.41, 5.74) is 0. The molecule has 0 bridgehead atoms. The van der Waals surface area contributed by atoms with E-state index in [1.807, 2.05) is 0 Å². The van der Waals surface area contributed by atoms with E-state index in [4.69, 9.17) is 5.11 Å². The molecule has 0 saturated heterocycles. The van der Waals surface area contributed by atoms with E-state index < -0.39 is 18.8 Å². The highest BCUT2D eigenvalue weighted by Gasteiger charge is 2.27. The van der Waals surface area contributed by atoms with Crippen molar-refractivity contribution in [1.82, 2.24) is 20.2 Å². The fraction of sp³-hybridized carbons (Fsp3) is 0.800. The highest BCUT2D eigenvalue weighted by Crippen LogP contribution is 2.14. The van der Waals surface area contributed by atoms with Gasteiger partial charge in [-0.2, -0.15) is 13.2 Å². The van der Waals surface area contributed by atoms with Crippen LogP contribution in [0.2, 0.25) is 0 Å². The molecule has 0 saturated carbocycles. The molecule has 10 heteroatoms. The van der Waals surface area contributed by atoms with Crippen molar-refractivity contribution in [3.63, 3.8) is 0 Å². The van der Waals surface area contributed by atoms with Crippen molar-refractivity contribution in [2.75, 3.05) is 13.2 Å². The number of hydrogen-bond donors (Lipinski definition) is 1. The molecule has 0 spiro atoms. The fourth-order valence-electron chi connectivity index (χ4n) is 1.55. The van der Waals surface area contributed by atoms with Crippen LogP contribution in [0.3, 0.4) is 0 Å². The Balaban J connectivity index is 2.40. The predicted octanol–water partition coefficient (Wildman–Crippen LogP) is 0.905. The fourth-order valence-corrected chi connectivity index (χ4v) is 1.55. The number of alkyl halides is 3. The normalized spacial score (nSPS) is 13.4. The zero-order valence-corrected chi connectivity index (χ0v) is 10.8. The second kappa shape index (κ2) is 7.17. The van der Waals surface area contributed by atoms with Crippen molar-refractivity contribution < 1.29 is 27.8 Å². The number of rotatable bonds is 8. The summed E-state index contributed by atoms with van der Waals surface area (Å²) in [5, 5.41) is 19.4. The Morgan fingerprint density at radius 3 is 2.80 bits per heavy atom. The Morgan fingerprint density at radius 2 is 2.20 bits per heavy atom. The van der Waals surface area contributed by atoms with Crippen molar-refractivity contribution >= 4 is 5.97 Å². The molecule has 1 heterocycles. The van der Waals surface area contributed by atoms with Gasteiger partial charge in [0.1, 0.15) is 6.61 Å². The molecule has 114 valence electrons. The lowest BCUT2D eigenvalue weighted by atomic mass is 10.1. The summed E-state index contributed by atoms with van der Waals surface area (Å²) in [7, 11) is 0. The van der Waals surface area contributed by atoms with Crippen LogP contribution < -0.4 is 0 Å². The first-order valence-corrected chi connectivity index (χ1v) is 5.89. The van der Waals surface area contributed by atoms with Gasteiger partial charge in [0.2, 0.25) is 0 Å². The van der Waals surface area contributed by atoms with Gasteiger partial charge in [-0.05, 0) is 16.3 Å². The van der Waals surface area contributed by atoms with Gasteiger partial charge in [0.05, 0.1) is 6.61 Å². The third-order valence-corrected chi connectivity index (χ3v) is 2.35. The van der Waals surface area contributed by atoms with Crippen molar-refractivity contribution in [2.45, 2.75) is 32.5 Å². The maximum absolute atomic E-state index is 11.9. The molecule has 0 aliphatic rings. The lowest BCUT2D eigenvalue weighted by Gasteiger charge is -2.10. The zero-order chi connectivity index (χ0) is 15.2. The molecular formula is C10H15F3N4O3. The minimum absolute atomic E-state index is 0.0378. The number of hydrogen-bond acceptors (Lipinski definition) is 5. The van der Waals surface area contributed by atoms with Crippen LogP contribution in [0.15, 0.2) is 0 Å². The predicted molar refractivity (Wildman–Crippen MR) is 59.8 cm³/mol. The van der Waals surface area contributed by atoms with E-state index in [2.05, 4.69) is 20.3 Å². The van der Waals surface area contributed by atoms with E-state index in [1.54, 1.807) is 6.92 Å². The van der Waals surface area contributed by atoms with Gasteiger partial charge in [-0.3, -0.25) is 4.79 Å². The summed E-state index contributed by atoms with van der Waals surface area (Å²) in [4.78, 5) is 10.5. The van der Waals surface area contributed by atoms with Crippen LogP contribution in [-0.2, 0) is 22.5 Å². The third kappa shape index (κ3) is 6.45. The molecule has 1 atom stereocenters. The van der Waals surface area contributed by atoms with Crippen LogP contribution in [0.4, 0.5) is 13.2 Å². The van der Waals surface area contributed by atoms with Crippen LogP contribution in [0, 0.1) is 5.92 Å². The van der Waals surface area contributed by atoms with Crippen LogP contribution in [0.5, 0.6) is 0 Å². The molecule has 0 aliphatic carbocycles. The van der Waals surface area contributed by atoms with Crippen molar-refractivity contribution in [1.29, 1.82) is 0 Å². The smallest absolute Gasteiger partial charge is 0.411 e. The second-order valence-electron chi connectivity index (χ2n) is 4.40. The number of carboxylic acids is 1. The Hall–Kier alpha value is -1.71. The number of carboxylic acid groups (broad SMARTS) is 1. The molecule has 0 amide bonds. The molecule has 20 heavy (non-hydrogen) atoms. The van der Waals surface area contributed by atoms with Crippen LogP contribution >= 0.6 is 0 Å². The van der Waals surface area contributed by atoms with E-state index in [9.17, 15) is 18.0 Å². The Kier molecular flexibility index (Phi) is 5.86. The lowest BCUT2D eigenvalue weighted by molar-refractivity contribution is -0.173. The van der Waals surface area contributed by atoms with Gasteiger partial charge < -0.3 is 9.84 Å². The Bertz CT molecular complexity index is 436. The van der Waals surface area contributed by atoms with Crippen molar-refractivity contribution in [3.05, 3.63) is 5.82 Å². The van der Waals surface area contributed by atoms with Gasteiger partial charge >= 0.3 is 12.1 Å². The van der Waals surface area contributed by atoms with Gasteiger partial charge in [0.15, 0.2) is 5.82 Å². The number of carbonyl (C=O) groups is 1. The minimum atomic E-state index is -4.36. The summed E-state index contributed by atoms with van der Waals surface area (Å²) >= 11 is 0. The Labute approximate surface area is 112 Å². The highest BCUT2D eigenvalue weighted by atomic mass is 19.4. The summed E-state index contributed by atoms with van der Waals surface area (Å²) in [5.74, 6) is -0.754. The molecule has 0 radical (unpaired) electrons. The number of halogens is 3.